The molecule has 0 unspecified atom stereocenters. The Morgan fingerprint density at radius 3 is 1.58 bits per heavy atom. The van der Waals surface area contributed by atoms with Crippen LogP contribution >= 0.6 is 74.7 Å². The Kier molecular flexibility index (Phi) is 19.6. The zero-order valence-corrected chi connectivity index (χ0v) is 38.9. The first-order valence-electron chi connectivity index (χ1n) is 20.2. The first kappa shape index (κ1) is 47.9. The smallest absolute Gasteiger partial charge is 0.251 e. The van der Waals surface area contributed by atoms with Crippen LogP contribution in [-0.4, -0.2) is 107 Å². The minimum Gasteiger partial charge on any atom is -0.494 e. The molecule has 2 fully saturated rings. The number of carbonyl (C=O) groups is 2. The topological polar surface area (TPSA) is 98.4 Å². The molecular weight excluding hydrogens is 934 g/mol. The monoisotopic (exact) mass is 982 g/mol. The van der Waals surface area contributed by atoms with Crippen LogP contribution in [-0.2, 0) is 12.8 Å². The molecule has 4 aromatic carbocycles. The van der Waals surface area contributed by atoms with E-state index in [1.807, 2.05) is 72.8 Å². The zero-order chi connectivity index (χ0) is 41.6. The van der Waals surface area contributed by atoms with E-state index in [0.717, 1.165) is 142 Å². The predicted octanol–water partition coefficient (Wildman–Crippen LogP) is 8.83. The summed E-state index contributed by atoms with van der Waals surface area (Å²) in [6.07, 6.45) is 3.70. The molecule has 8 rings (SSSR count). The van der Waals surface area contributed by atoms with Gasteiger partial charge < -0.3 is 35.2 Å². The van der Waals surface area contributed by atoms with Crippen LogP contribution in [0.3, 0.4) is 0 Å². The summed E-state index contributed by atoms with van der Waals surface area (Å²) in [5.74, 6) is 1.54. The number of ether oxygens (including phenoxy) is 2. The van der Waals surface area contributed by atoms with E-state index in [0.29, 0.717) is 39.8 Å². The molecule has 0 aliphatic carbocycles. The first-order chi connectivity index (χ1) is 28.7. The van der Waals surface area contributed by atoms with Crippen LogP contribution in [0.15, 0.2) is 72.8 Å². The number of hydrogen-bond acceptors (Lipinski definition) is 8. The largest absolute Gasteiger partial charge is 0.494 e. The van der Waals surface area contributed by atoms with E-state index < -0.39 is 0 Å². The van der Waals surface area contributed by atoms with Gasteiger partial charge in [0.15, 0.2) is 0 Å². The summed E-state index contributed by atoms with van der Waals surface area (Å²) >= 11 is 27.9. The molecule has 4 aromatic rings. The molecule has 2 saturated heterocycles. The highest BCUT2D eigenvalue weighted by molar-refractivity contribution is 9.09. The maximum Gasteiger partial charge on any atom is 0.251 e. The van der Waals surface area contributed by atoms with Crippen molar-refractivity contribution in [2.24, 2.45) is 0 Å². The number of benzene rings is 4. The van der Waals surface area contributed by atoms with Gasteiger partial charge in [-0.25, -0.2) is 0 Å². The fraction of sp³-hybridized carbons (Fsp3) is 0.409. The third-order valence-corrected chi connectivity index (χ3v) is 12.7. The summed E-state index contributed by atoms with van der Waals surface area (Å²) in [4.78, 5) is 30.5. The van der Waals surface area contributed by atoms with E-state index >= 15 is 0 Å². The Bertz CT molecular complexity index is 2030. The second-order valence-electron chi connectivity index (χ2n) is 14.5. The van der Waals surface area contributed by atoms with Crippen molar-refractivity contribution in [2.45, 2.75) is 25.7 Å². The highest BCUT2D eigenvalue weighted by atomic mass is 79.9. The van der Waals surface area contributed by atoms with E-state index in [-0.39, 0.29) is 24.2 Å². The van der Waals surface area contributed by atoms with E-state index in [9.17, 15) is 9.59 Å². The Morgan fingerprint density at radius 2 is 1.08 bits per heavy atom. The maximum absolute atomic E-state index is 12.0. The minimum absolute atomic E-state index is 0. The number of carbonyl (C=O) groups excluding carboxylic acids is 2. The lowest BCUT2D eigenvalue weighted by molar-refractivity contribution is 0.0937. The molecule has 2 amide bonds. The second kappa shape index (κ2) is 24.5. The standard InChI is InChI=1S/C22H25Cl2N3O2.C12H14BrNO2.C10H12Cl2N2.ClH/c23-19-3-1-4-20(21(19)24)27-12-10-26(11-13-27)9-2-14-29-17-6-5-16-7-8-25-22(28)18(16)15-17;13-5-1-7-16-10-3-2-9-4-6-14-12(15)11(9)8-10;11-8-2-1-3-9(10(8)12)14-6-4-13-5-7-14;/h1,3-6,15H,2,7-14H2,(H,25,28);2-3,8H,1,4-7H2,(H,14,15);1-3,13H,4-7H2;1H. The highest BCUT2D eigenvalue weighted by Crippen LogP contribution is 2.34. The summed E-state index contributed by atoms with van der Waals surface area (Å²) in [7, 11) is 0. The molecule has 60 heavy (non-hydrogen) atoms. The number of anilines is 2. The van der Waals surface area contributed by atoms with Gasteiger partial charge in [-0.1, -0.05) is 86.6 Å². The molecule has 0 atom stereocenters. The molecule has 0 aromatic heterocycles. The molecule has 3 N–H and O–H groups in total. The quantitative estimate of drug-likeness (QED) is 0.101. The van der Waals surface area contributed by atoms with E-state index in [1.165, 1.54) is 0 Å². The van der Waals surface area contributed by atoms with Crippen LogP contribution in [0.25, 0.3) is 0 Å². The number of fused-ring (bicyclic) bond motifs is 2. The van der Waals surface area contributed by atoms with Crippen molar-refractivity contribution in [3.8, 4) is 11.5 Å². The minimum atomic E-state index is -0.00521. The van der Waals surface area contributed by atoms with Gasteiger partial charge in [0.2, 0.25) is 0 Å². The molecule has 0 spiro atoms. The molecule has 4 aliphatic heterocycles. The maximum atomic E-state index is 12.0. The summed E-state index contributed by atoms with van der Waals surface area (Å²) in [6, 6.07) is 23.1. The third-order valence-electron chi connectivity index (χ3n) is 10.5. The molecule has 0 bridgehead atoms. The Morgan fingerprint density at radius 1 is 0.600 bits per heavy atom. The Balaban J connectivity index is 0.000000186. The van der Waals surface area contributed by atoms with Crippen molar-refractivity contribution in [3.63, 3.8) is 0 Å². The average Bonchev–Trinajstić information content (AvgIpc) is 3.26. The van der Waals surface area contributed by atoms with Gasteiger partial charge in [-0.3, -0.25) is 14.5 Å². The first-order valence-corrected chi connectivity index (χ1v) is 22.8. The average molecular weight is 986 g/mol. The molecule has 10 nitrogen and oxygen atoms in total. The normalized spacial score (nSPS) is 16.0. The number of hydrogen-bond donors (Lipinski definition) is 3. The third kappa shape index (κ3) is 13.4. The highest BCUT2D eigenvalue weighted by Gasteiger charge is 2.21. The van der Waals surface area contributed by atoms with Crippen LogP contribution < -0.4 is 35.2 Å². The number of rotatable bonds is 11. The molecule has 324 valence electrons. The molecule has 16 heteroatoms. The number of halogens is 6. The summed E-state index contributed by atoms with van der Waals surface area (Å²) in [5.41, 5.74) is 5.75. The molecule has 4 aliphatic rings. The van der Waals surface area contributed by atoms with Crippen molar-refractivity contribution in [2.75, 3.05) is 100 Å². The van der Waals surface area contributed by atoms with Crippen molar-refractivity contribution in [1.82, 2.24) is 20.9 Å². The molecule has 4 heterocycles. The number of alkyl halides is 1. The van der Waals surface area contributed by atoms with Gasteiger partial charge in [0.1, 0.15) is 11.5 Å². The number of nitrogens with one attached hydrogen (secondary N) is 3. The van der Waals surface area contributed by atoms with Crippen LogP contribution in [0.1, 0.15) is 44.7 Å². The Hall–Kier alpha value is -3.13. The van der Waals surface area contributed by atoms with Gasteiger partial charge in [-0.15, -0.1) is 12.4 Å². The van der Waals surface area contributed by atoms with Gasteiger partial charge in [0.25, 0.3) is 11.8 Å². The molecular formula is C44H52BrCl5N6O4. The van der Waals surface area contributed by atoms with Gasteiger partial charge in [0.05, 0.1) is 44.7 Å². The molecule has 0 saturated carbocycles. The predicted molar refractivity (Wildman–Crippen MR) is 253 cm³/mol. The van der Waals surface area contributed by atoms with Crippen LogP contribution in [0.4, 0.5) is 11.4 Å². The lowest BCUT2D eigenvalue weighted by Gasteiger charge is -2.36. The Labute approximate surface area is 388 Å². The summed E-state index contributed by atoms with van der Waals surface area (Å²) in [6.45, 7) is 11.6. The van der Waals surface area contributed by atoms with E-state index in [4.69, 9.17) is 55.9 Å². The van der Waals surface area contributed by atoms with Crippen molar-refractivity contribution < 1.29 is 19.1 Å². The van der Waals surface area contributed by atoms with Gasteiger partial charge in [-0.2, -0.15) is 0 Å². The summed E-state index contributed by atoms with van der Waals surface area (Å²) in [5, 5.41) is 12.5. The van der Waals surface area contributed by atoms with Crippen molar-refractivity contribution >= 4 is 97.9 Å². The number of nitrogens with zero attached hydrogens (tertiary/aromatic N) is 3. The zero-order valence-electron chi connectivity index (χ0n) is 33.4. The fourth-order valence-corrected chi connectivity index (χ4v) is 8.33. The second-order valence-corrected chi connectivity index (χ2v) is 16.8. The van der Waals surface area contributed by atoms with Crippen LogP contribution in [0, 0.1) is 0 Å². The lowest BCUT2D eigenvalue weighted by atomic mass is 10.0. The van der Waals surface area contributed by atoms with Gasteiger partial charge >= 0.3 is 0 Å². The van der Waals surface area contributed by atoms with Gasteiger partial charge in [-0.05, 0) is 85.3 Å². The fourth-order valence-electron chi connectivity index (χ4n) is 7.28. The number of amides is 2. The lowest BCUT2D eigenvalue weighted by Crippen LogP contribution is -2.46. The molecule has 0 radical (unpaired) electrons. The van der Waals surface area contributed by atoms with E-state index in [2.05, 4.69) is 46.6 Å². The van der Waals surface area contributed by atoms with Crippen molar-refractivity contribution in [3.05, 3.63) is 115 Å². The SMILES string of the molecule is Cl.Clc1cccc(N2CCNCC2)c1Cl.O=C1NCCc2ccc(OCCCBr)cc21.O=C1NCCc2ccc(OCCCN3CCN(c4cccc(Cl)c4Cl)CC3)cc21. The van der Waals surface area contributed by atoms with Crippen LogP contribution in [0.5, 0.6) is 11.5 Å². The van der Waals surface area contributed by atoms with Crippen molar-refractivity contribution in [1.29, 1.82) is 0 Å². The number of piperazine rings is 2. The van der Waals surface area contributed by atoms with Crippen LogP contribution in [0.2, 0.25) is 20.1 Å². The van der Waals surface area contributed by atoms with Gasteiger partial charge in [0, 0.05) is 88.4 Å². The van der Waals surface area contributed by atoms with E-state index in [1.54, 1.807) is 0 Å². The summed E-state index contributed by atoms with van der Waals surface area (Å²) < 4.78 is 11.4.